The summed E-state index contributed by atoms with van der Waals surface area (Å²) in [5.41, 5.74) is -0.902. The third-order valence-corrected chi connectivity index (χ3v) is 4.73. The Morgan fingerprint density at radius 1 is 0.720 bits per heavy atom. The third kappa shape index (κ3) is 6.08. The molecule has 6 nitrogen and oxygen atoms in total. The lowest BCUT2D eigenvalue weighted by Gasteiger charge is -2.35. The van der Waals surface area contributed by atoms with Crippen LogP contribution in [0.4, 0.5) is 9.59 Å². The number of hydrogen-bond acceptors (Lipinski definition) is 4. The number of piperidine rings is 1. The minimum absolute atomic E-state index is 0.207. The molecular formula is C19H34N2O4. The first-order valence-corrected chi connectivity index (χ1v) is 9.40. The summed E-state index contributed by atoms with van der Waals surface area (Å²) < 4.78 is 10.9. The molecule has 0 aromatic carbocycles. The monoisotopic (exact) mass is 354 g/mol. The fourth-order valence-corrected chi connectivity index (χ4v) is 3.54. The zero-order valence-electron chi connectivity index (χ0n) is 16.6. The zero-order chi connectivity index (χ0) is 18.8. The molecule has 0 N–H and O–H groups in total. The van der Waals surface area contributed by atoms with E-state index in [2.05, 4.69) is 0 Å². The molecule has 25 heavy (non-hydrogen) atoms. The predicted molar refractivity (Wildman–Crippen MR) is 96.4 cm³/mol. The van der Waals surface area contributed by atoms with Crippen molar-refractivity contribution in [1.29, 1.82) is 0 Å². The molecule has 1 unspecified atom stereocenters. The van der Waals surface area contributed by atoms with Gasteiger partial charge < -0.3 is 19.3 Å². The summed E-state index contributed by atoms with van der Waals surface area (Å²) >= 11 is 0. The Bertz CT molecular complexity index is 485. The first-order valence-electron chi connectivity index (χ1n) is 9.40. The smallest absolute Gasteiger partial charge is 0.410 e. The van der Waals surface area contributed by atoms with Gasteiger partial charge in [0.05, 0.1) is 0 Å². The molecule has 0 aliphatic carbocycles. The minimum Gasteiger partial charge on any atom is -0.444 e. The van der Waals surface area contributed by atoms with Gasteiger partial charge in [0.25, 0.3) is 0 Å². The summed E-state index contributed by atoms with van der Waals surface area (Å²) in [5.74, 6) is 1.07. The molecule has 6 heteroatoms. The van der Waals surface area contributed by atoms with Gasteiger partial charge in [0, 0.05) is 26.2 Å². The second-order valence-electron chi connectivity index (χ2n) is 9.28. The van der Waals surface area contributed by atoms with E-state index in [0.717, 1.165) is 45.4 Å². The Morgan fingerprint density at radius 2 is 1.12 bits per heavy atom. The number of ether oxygens (including phenoxy) is 2. The predicted octanol–water partition coefficient (Wildman–Crippen LogP) is 3.89. The van der Waals surface area contributed by atoms with E-state index in [1.165, 1.54) is 0 Å². The van der Waals surface area contributed by atoms with Crippen molar-refractivity contribution in [3.05, 3.63) is 0 Å². The fraction of sp³-hybridized carbons (Fsp3) is 0.895. The van der Waals surface area contributed by atoms with Crippen LogP contribution in [0.2, 0.25) is 0 Å². The fourth-order valence-electron chi connectivity index (χ4n) is 3.54. The molecule has 0 aromatic heterocycles. The summed E-state index contributed by atoms with van der Waals surface area (Å²) in [5, 5.41) is 0. The van der Waals surface area contributed by atoms with Crippen LogP contribution < -0.4 is 0 Å². The van der Waals surface area contributed by atoms with Gasteiger partial charge in [-0.3, -0.25) is 0 Å². The highest BCUT2D eigenvalue weighted by molar-refractivity contribution is 5.69. The summed E-state index contributed by atoms with van der Waals surface area (Å²) in [6, 6.07) is 0. The molecule has 2 aliphatic rings. The summed E-state index contributed by atoms with van der Waals surface area (Å²) in [6.45, 7) is 14.4. The lowest BCUT2D eigenvalue weighted by atomic mass is 9.84. The van der Waals surface area contributed by atoms with Gasteiger partial charge in [-0.2, -0.15) is 0 Å². The second-order valence-corrected chi connectivity index (χ2v) is 9.28. The van der Waals surface area contributed by atoms with Gasteiger partial charge in [0.2, 0.25) is 0 Å². The highest BCUT2D eigenvalue weighted by Crippen LogP contribution is 2.32. The van der Waals surface area contributed by atoms with Crippen molar-refractivity contribution in [1.82, 2.24) is 9.80 Å². The van der Waals surface area contributed by atoms with Crippen molar-refractivity contribution < 1.29 is 19.1 Å². The van der Waals surface area contributed by atoms with Crippen molar-refractivity contribution in [2.75, 3.05) is 26.2 Å². The van der Waals surface area contributed by atoms with Crippen LogP contribution in [-0.4, -0.2) is 59.4 Å². The SMILES string of the molecule is CC(C)(C)OC(=O)N1CCC(C2CCN(C(=O)OC(C)(C)C)C2)CC1. The number of rotatable bonds is 1. The van der Waals surface area contributed by atoms with Crippen molar-refractivity contribution in [2.45, 2.75) is 72.0 Å². The van der Waals surface area contributed by atoms with Gasteiger partial charge in [-0.05, 0) is 72.6 Å². The van der Waals surface area contributed by atoms with E-state index in [4.69, 9.17) is 9.47 Å². The Morgan fingerprint density at radius 3 is 1.60 bits per heavy atom. The van der Waals surface area contributed by atoms with Gasteiger partial charge in [0.1, 0.15) is 11.2 Å². The highest BCUT2D eigenvalue weighted by atomic mass is 16.6. The Balaban J connectivity index is 1.78. The van der Waals surface area contributed by atoms with E-state index in [1.54, 1.807) is 0 Å². The van der Waals surface area contributed by atoms with E-state index < -0.39 is 11.2 Å². The van der Waals surface area contributed by atoms with E-state index in [9.17, 15) is 9.59 Å². The van der Waals surface area contributed by atoms with Crippen LogP contribution in [0.5, 0.6) is 0 Å². The lowest BCUT2D eigenvalue weighted by molar-refractivity contribution is 0.0157. The molecule has 0 radical (unpaired) electrons. The van der Waals surface area contributed by atoms with Crippen LogP contribution in [-0.2, 0) is 9.47 Å². The van der Waals surface area contributed by atoms with Gasteiger partial charge >= 0.3 is 12.2 Å². The number of amides is 2. The molecule has 2 amide bonds. The number of nitrogens with zero attached hydrogens (tertiary/aromatic N) is 2. The summed E-state index contributed by atoms with van der Waals surface area (Å²) in [6.07, 6.45) is 2.56. The number of carbonyl (C=O) groups is 2. The second kappa shape index (κ2) is 7.42. The van der Waals surface area contributed by atoms with Crippen LogP contribution in [0.15, 0.2) is 0 Å². The maximum atomic E-state index is 12.2. The molecule has 2 fully saturated rings. The average Bonchev–Trinajstić information content (AvgIpc) is 2.93. The molecule has 2 rings (SSSR count). The van der Waals surface area contributed by atoms with Crippen LogP contribution in [0, 0.1) is 11.8 Å². The van der Waals surface area contributed by atoms with Crippen molar-refractivity contribution in [2.24, 2.45) is 11.8 Å². The van der Waals surface area contributed by atoms with Gasteiger partial charge in [0.15, 0.2) is 0 Å². The number of carbonyl (C=O) groups excluding carboxylic acids is 2. The quantitative estimate of drug-likeness (QED) is 0.717. The molecule has 144 valence electrons. The topological polar surface area (TPSA) is 59.1 Å². The van der Waals surface area contributed by atoms with Crippen molar-refractivity contribution >= 4 is 12.2 Å². The Hall–Kier alpha value is -1.46. The molecule has 2 saturated heterocycles. The lowest BCUT2D eigenvalue weighted by Crippen LogP contribution is -2.43. The number of likely N-dealkylation sites (tertiary alicyclic amines) is 2. The normalized spacial score (nSPS) is 22.9. The van der Waals surface area contributed by atoms with Crippen LogP contribution in [0.1, 0.15) is 60.8 Å². The van der Waals surface area contributed by atoms with Crippen LogP contribution in [0.3, 0.4) is 0 Å². The molecular weight excluding hydrogens is 320 g/mol. The van der Waals surface area contributed by atoms with E-state index in [0.29, 0.717) is 11.8 Å². The summed E-state index contributed by atoms with van der Waals surface area (Å²) in [4.78, 5) is 28.0. The largest absolute Gasteiger partial charge is 0.444 e. The zero-order valence-corrected chi connectivity index (χ0v) is 16.6. The van der Waals surface area contributed by atoms with Gasteiger partial charge in [-0.15, -0.1) is 0 Å². The minimum atomic E-state index is -0.451. The summed E-state index contributed by atoms with van der Waals surface area (Å²) in [7, 11) is 0. The van der Waals surface area contributed by atoms with E-state index >= 15 is 0 Å². The van der Waals surface area contributed by atoms with E-state index in [1.807, 2.05) is 51.3 Å². The third-order valence-electron chi connectivity index (χ3n) is 4.73. The van der Waals surface area contributed by atoms with Crippen LogP contribution >= 0.6 is 0 Å². The maximum absolute atomic E-state index is 12.2. The average molecular weight is 354 g/mol. The molecule has 1 atom stereocenters. The first-order chi connectivity index (χ1) is 11.4. The molecule has 0 aromatic rings. The molecule has 0 bridgehead atoms. The molecule has 0 spiro atoms. The highest BCUT2D eigenvalue weighted by Gasteiger charge is 2.36. The van der Waals surface area contributed by atoms with Crippen molar-refractivity contribution in [3.63, 3.8) is 0 Å². The van der Waals surface area contributed by atoms with E-state index in [-0.39, 0.29) is 12.2 Å². The Labute approximate surface area is 151 Å². The Kier molecular flexibility index (Phi) is 5.89. The first kappa shape index (κ1) is 19.9. The van der Waals surface area contributed by atoms with Gasteiger partial charge in [-0.1, -0.05) is 0 Å². The number of hydrogen-bond donors (Lipinski definition) is 0. The van der Waals surface area contributed by atoms with Gasteiger partial charge in [-0.25, -0.2) is 9.59 Å². The van der Waals surface area contributed by atoms with Crippen LogP contribution in [0.25, 0.3) is 0 Å². The molecule has 2 aliphatic heterocycles. The van der Waals surface area contributed by atoms with Crippen molar-refractivity contribution in [3.8, 4) is 0 Å². The molecule has 2 heterocycles. The maximum Gasteiger partial charge on any atom is 0.410 e. The standard InChI is InChI=1S/C19H34N2O4/c1-18(2,3)24-16(22)20-10-7-14(8-11-20)15-9-12-21(13-15)17(23)25-19(4,5)6/h14-15H,7-13H2,1-6H3. The molecule has 0 saturated carbocycles.